The second-order valence-electron chi connectivity index (χ2n) is 9.49. The van der Waals surface area contributed by atoms with Crippen LogP contribution in [0, 0.1) is 6.92 Å². The van der Waals surface area contributed by atoms with Gasteiger partial charge in [0.2, 0.25) is 29.6 Å². The molecule has 1 aromatic carbocycles. The molecule has 1 saturated heterocycles. The highest BCUT2D eigenvalue weighted by molar-refractivity contribution is 6.88. The number of aryl methyl sites for hydroxylation is 1. The number of benzene rings is 1. The number of hydrogen-bond acceptors (Lipinski definition) is 9. The molecule has 4 rings (SSSR count). The molecular weight excluding hydrogens is 498 g/mol. The van der Waals surface area contributed by atoms with Crippen LogP contribution in [0.15, 0.2) is 30.2 Å². The number of ketones is 1. The first kappa shape index (κ1) is 25.9. The number of urea groups is 1. The van der Waals surface area contributed by atoms with Gasteiger partial charge >= 0.3 is 6.03 Å². The van der Waals surface area contributed by atoms with Crippen LogP contribution in [0.3, 0.4) is 0 Å². The van der Waals surface area contributed by atoms with E-state index in [1.807, 2.05) is 19.1 Å². The van der Waals surface area contributed by atoms with Gasteiger partial charge in [-0.2, -0.15) is 9.97 Å². The summed E-state index contributed by atoms with van der Waals surface area (Å²) in [5, 5.41) is 6.38. The van der Waals surface area contributed by atoms with E-state index in [4.69, 9.17) is 18.9 Å². The van der Waals surface area contributed by atoms with E-state index in [1.54, 1.807) is 0 Å². The normalized spacial score (nSPS) is 17.2. The molecule has 3 amide bonds. The van der Waals surface area contributed by atoms with Gasteiger partial charge in [-0.3, -0.25) is 14.5 Å². The molecule has 12 nitrogen and oxygen atoms in total. The van der Waals surface area contributed by atoms with E-state index in [0.29, 0.717) is 18.8 Å². The zero-order valence-electron chi connectivity index (χ0n) is 21.5. The van der Waals surface area contributed by atoms with Gasteiger partial charge in [0.05, 0.1) is 28.4 Å². The first-order chi connectivity index (χ1) is 17.5. The summed E-state index contributed by atoms with van der Waals surface area (Å²) in [6.45, 7) is 9.33. The predicted molar refractivity (Wildman–Crippen MR) is 137 cm³/mol. The number of amides is 3. The van der Waals surface area contributed by atoms with Gasteiger partial charge in [-0.15, -0.1) is 0 Å². The number of aromatic nitrogens is 2. The Morgan fingerprint density at radius 2 is 1.84 bits per heavy atom. The zero-order valence-corrected chi connectivity index (χ0v) is 22.5. The number of methoxy groups -OCH3 is 2. The molecule has 37 heavy (non-hydrogen) atoms. The first-order valence-corrected chi connectivity index (χ1v) is 15.1. The lowest BCUT2D eigenvalue weighted by Gasteiger charge is -2.20. The molecule has 1 unspecified atom stereocenters. The molecule has 0 saturated carbocycles. The average Bonchev–Trinajstić information content (AvgIpc) is 3.44. The molecular formula is C24H29N5O7Si. The van der Waals surface area contributed by atoms with Gasteiger partial charge in [-0.1, -0.05) is 37.0 Å². The molecule has 0 aliphatic carbocycles. The van der Waals surface area contributed by atoms with Crippen LogP contribution in [0.1, 0.15) is 5.56 Å². The van der Waals surface area contributed by atoms with E-state index in [1.165, 1.54) is 24.3 Å². The van der Waals surface area contributed by atoms with Crippen molar-refractivity contribution in [2.45, 2.75) is 32.7 Å². The standard InChI is InChI=1S/C24H29N5O7Si/c1-13-7-8-14(37(4,5)6)11-16(13)35-17-12-15(30)19(36-17)20(31)26-18-21(33-2)27-23(28-22(18)34-3)29-10-9-25-24(29)32/h7-8,11-12,19H,9-10H2,1-6H3,(H,25,32)(H,26,31). The van der Waals surface area contributed by atoms with Gasteiger partial charge in [-0.25, -0.2) is 4.79 Å². The minimum atomic E-state index is -1.60. The van der Waals surface area contributed by atoms with Crippen molar-refractivity contribution in [3.8, 4) is 17.5 Å². The Hall–Kier alpha value is -4.13. The summed E-state index contributed by atoms with van der Waals surface area (Å²) in [5.74, 6) is -0.963. The summed E-state index contributed by atoms with van der Waals surface area (Å²) >= 11 is 0. The highest BCUT2D eigenvalue weighted by Gasteiger charge is 2.37. The quantitative estimate of drug-likeness (QED) is 0.388. The van der Waals surface area contributed by atoms with Crippen molar-refractivity contribution >= 4 is 42.6 Å². The third-order valence-corrected chi connectivity index (χ3v) is 7.86. The van der Waals surface area contributed by atoms with Crippen molar-refractivity contribution in [1.82, 2.24) is 15.3 Å². The Morgan fingerprint density at radius 1 is 1.16 bits per heavy atom. The molecule has 3 heterocycles. The van der Waals surface area contributed by atoms with Gasteiger partial charge < -0.3 is 29.6 Å². The van der Waals surface area contributed by atoms with Crippen molar-refractivity contribution in [3.63, 3.8) is 0 Å². The van der Waals surface area contributed by atoms with Gasteiger partial charge in [0.1, 0.15) is 5.75 Å². The van der Waals surface area contributed by atoms with E-state index in [0.717, 1.165) is 11.6 Å². The van der Waals surface area contributed by atoms with Crippen LogP contribution >= 0.6 is 0 Å². The minimum absolute atomic E-state index is 0.0113. The van der Waals surface area contributed by atoms with E-state index >= 15 is 0 Å². The highest BCUT2D eigenvalue weighted by Crippen LogP contribution is 2.34. The van der Waals surface area contributed by atoms with E-state index in [2.05, 4.69) is 46.3 Å². The van der Waals surface area contributed by atoms with E-state index < -0.39 is 25.9 Å². The van der Waals surface area contributed by atoms with Crippen molar-refractivity contribution in [1.29, 1.82) is 0 Å². The van der Waals surface area contributed by atoms with Crippen LogP contribution in [0.25, 0.3) is 0 Å². The summed E-state index contributed by atoms with van der Waals surface area (Å²) in [6.07, 6.45) is -0.348. The van der Waals surface area contributed by atoms with Gasteiger partial charge in [-0.05, 0) is 18.6 Å². The van der Waals surface area contributed by atoms with Crippen LogP contribution in [0.4, 0.5) is 16.4 Å². The number of rotatable bonds is 8. The number of ether oxygens (including phenoxy) is 4. The third-order valence-electron chi connectivity index (χ3n) is 5.82. The van der Waals surface area contributed by atoms with Crippen LogP contribution < -0.4 is 34.9 Å². The summed E-state index contributed by atoms with van der Waals surface area (Å²) in [4.78, 5) is 47.4. The van der Waals surface area contributed by atoms with Crippen molar-refractivity contribution in [3.05, 3.63) is 35.8 Å². The van der Waals surface area contributed by atoms with Crippen LogP contribution in [0.5, 0.6) is 17.5 Å². The fourth-order valence-corrected chi connectivity index (χ4v) is 4.85. The molecule has 1 aromatic heterocycles. The second kappa shape index (κ2) is 10.1. The third kappa shape index (κ3) is 5.35. The van der Waals surface area contributed by atoms with Gasteiger partial charge in [0, 0.05) is 13.1 Å². The maximum atomic E-state index is 13.0. The summed E-state index contributed by atoms with van der Waals surface area (Å²) in [5.41, 5.74) is 0.855. The number of hydrogen-bond donors (Lipinski definition) is 2. The Labute approximate surface area is 215 Å². The number of nitrogens with zero attached hydrogens (tertiary/aromatic N) is 3. The van der Waals surface area contributed by atoms with E-state index in [9.17, 15) is 14.4 Å². The van der Waals surface area contributed by atoms with Gasteiger partial charge in [0.25, 0.3) is 11.9 Å². The van der Waals surface area contributed by atoms with Crippen molar-refractivity contribution < 1.29 is 33.3 Å². The largest absolute Gasteiger partial charge is 0.479 e. The first-order valence-electron chi connectivity index (χ1n) is 11.6. The lowest BCUT2D eigenvalue weighted by Crippen LogP contribution is -2.37. The summed E-state index contributed by atoms with van der Waals surface area (Å²) in [6, 6.07) is 5.61. The summed E-state index contributed by atoms with van der Waals surface area (Å²) in [7, 11) is 1.08. The molecule has 1 atom stereocenters. The molecule has 0 bridgehead atoms. The number of carbonyl (C=O) groups is 3. The van der Waals surface area contributed by atoms with Crippen LogP contribution in [0.2, 0.25) is 19.6 Å². The number of carbonyl (C=O) groups excluding carboxylic acids is 3. The molecule has 196 valence electrons. The lowest BCUT2D eigenvalue weighted by molar-refractivity contribution is -0.134. The molecule has 0 spiro atoms. The Kier molecular flexibility index (Phi) is 7.07. The fraction of sp³-hybridized carbons (Fsp3) is 0.375. The van der Waals surface area contributed by atoms with Crippen LogP contribution in [-0.4, -0.2) is 69.2 Å². The van der Waals surface area contributed by atoms with Crippen molar-refractivity contribution in [2.24, 2.45) is 0 Å². The van der Waals surface area contributed by atoms with Gasteiger partial charge in [0.15, 0.2) is 5.69 Å². The molecule has 2 N–H and O–H groups in total. The molecule has 13 heteroatoms. The monoisotopic (exact) mass is 527 g/mol. The molecule has 2 aliphatic rings. The maximum absolute atomic E-state index is 13.0. The lowest BCUT2D eigenvalue weighted by atomic mass is 10.2. The predicted octanol–water partition coefficient (Wildman–Crippen LogP) is 1.70. The second-order valence-corrected chi connectivity index (χ2v) is 14.6. The van der Waals surface area contributed by atoms with E-state index in [-0.39, 0.29) is 35.4 Å². The minimum Gasteiger partial charge on any atom is -0.479 e. The van der Waals surface area contributed by atoms with Crippen LogP contribution in [-0.2, 0) is 14.3 Å². The Bertz CT molecular complexity index is 1270. The smallest absolute Gasteiger partial charge is 0.324 e. The molecule has 2 aromatic rings. The SMILES string of the molecule is COc1nc(N2CCNC2=O)nc(OC)c1NC(=O)C1OC(Oc2cc([Si](C)(C)C)ccc2C)=CC1=O. The fourth-order valence-electron chi connectivity index (χ4n) is 3.71. The molecule has 0 radical (unpaired) electrons. The maximum Gasteiger partial charge on any atom is 0.324 e. The molecule has 1 fully saturated rings. The Morgan fingerprint density at radius 3 is 2.41 bits per heavy atom. The summed E-state index contributed by atoms with van der Waals surface area (Å²) < 4.78 is 22.0. The number of anilines is 2. The topological polar surface area (TPSA) is 141 Å². The zero-order chi connectivity index (χ0) is 26.9. The highest BCUT2D eigenvalue weighted by atomic mass is 28.3. The Balaban J connectivity index is 1.51. The molecule has 2 aliphatic heterocycles. The number of nitrogens with one attached hydrogen (secondary N) is 2. The average molecular weight is 528 g/mol. The van der Waals surface area contributed by atoms with Crippen molar-refractivity contribution in [2.75, 3.05) is 37.5 Å².